The molecule has 0 atom stereocenters. The van der Waals surface area contributed by atoms with Gasteiger partial charge < -0.3 is 10.2 Å². The number of urea groups is 1. The number of rotatable bonds is 6. The van der Waals surface area contributed by atoms with Crippen LogP contribution in [0.4, 0.5) is 10.7 Å². The molecule has 0 bridgehead atoms. The fraction of sp³-hybridized carbons (Fsp3) is 0.316. The first-order valence-electron chi connectivity index (χ1n) is 9.01. The number of hydrogen-bond donors (Lipinski definition) is 2. The summed E-state index contributed by atoms with van der Waals surface area (Å²) in [4.78, 5) is 25.5. The molecule has 9 heteroatoms. The van der Waals surface area contributed by atoms with E-state index in [-0.39, 0.29) is 17.9 Å². The lowest BCUT2D eigenvalue weighted by molar-refractivity contribution is 0.211. The van der Waals surface area contributed by atoms with Gasteiger partial charge in [-0.2, -0.15) is 4.98 Å². The number of nitrogens with zero attached hydrogens (tertiary/aromatic N) is 5. The SMILES string of the molecule is CCNC(=O)Nc1nc2cc(-c3cccnc3)cc(/C(=N/OC)C(C)C)n2n1. The molecule has 3 aromatic rings. The molecule has 0 saturated carbocycles. The van der Waals surface area contributed by atoms with Gasteiger partial charge in [0, 0.05) is 30.4 Å². The number of carbonyl (C=O) groups is 1. The van der Waals surface area contributed by atoms with E-state index in [9.17, 15) is 4.79 Å². The van der Waals surface area contributed by atoms with Crippen LogP contribution in [0.2, 0.25) is 0 Å². The van der Waals surface area contributed by atoms with Crippen LogP contribution in [-0.4, -0.2) is 45.0 Å². The van der Waals surface area contributed by atoms with Crippen LogP contribution in [0, 0.1) is 5.92 Å². The van der Waals surface area contributed by atoms with E-state index in [0.29, 0.717) is 17.9 Å². The van der Waals surface area contributed by atoms with Gasteiger partial charge in [0.1, 0.15) is 12.8 Å². The van der Waals surface area contributed by atoms with Gasteiger partial charge in [0.15, 0.2) is 5.65 Å². The topological polar surface area (TPSA) is 106 Å². The summed E-state index contributed by atoms with van der Waals surface area (Å²) >= 11 is 0. The van der Waals surface area contributed by atoms with E-state index >= 15 is 0 Å². The molecule has 3 rings (SSSR count). The minimum Gasteiger partial charge on any atom is -0.399 e. The molecule has 2 amide bonds. The Morgan fingerprint density at radius 2 is 2.14 bits per heavy atom. The zero-order valence-electron chi connectivity index (χ0n) is 16.3. The van der Waals surface area contributed by atoms with Crippen LogP contribution in [0.5, 0.6) is 0 Å². The lowest BCUT2D eigenvalue weighted by Gasteiger charge is -2.12. The molecule has 28 heavy (non-hydrogen) atoms. The Morgan fingerprint density at radius 1 is 1.32 bits per heavy atom. The van der Waals surface area contributed by atoms with E-state index in [4.69, 9.17) is 4.84 Å². The summed E-state index contributed by atoms with van der Waals surface area (Å²) < 4.78 is 1.65. The van der Waals surface area contributed by atoms with E-state index < -0.39 is 0 Å². The van der Waals surface area contributed by atoms with Gasteiger partial charge >= 0.3 is 6.03 Å². The second-order valence-electron chi connectivity index (χ2n) is 6.37. The molecule has 0 radical (unpaired) electrons. The number of carbonyl (C=O) groups excluding carboxylic acids is 1. The zero-order chi connectivity index (χ0) is 20.1. The van der Waals surface area contributed by atoms with Crippen molar-refractivity contribution in [3.63, 3.8) is 0 Å². The van der Waals surface area contributed by atoms with Crippen molar-refractivity contribution in [2.24, 2.45) is 11.1 Å². The van der Waals surface area contributed by atoms with Crippen LogP contribution >= 0.6 is 0 Å². The van der Waals surface area contributed by atoms with Gasteiger partial charge in [0.05, 0.1) is 5.69 Å². The number of aromatic nitrogens is 4. The number of hydrogen-bond acceptors (Lipinski definition) is 6. The number of pyridine rings is 2. The highest BCUT2D eigenvalue weighted by atomic mass is 16.6. The molecule has 146 valence electrons. The first kappa shape index (κ1) is 19.3. The van der Waals surface area contributed by atoms with E-state index in [0.717, 1.165) is 16.8 Å². The van der Waals surface area contributed by atoms with Crippen molar-refractivity contribution in [3.05, 3.63) is 42.4 Å². The summed E-state index contributed by atoms with van der Waals surface area (Å²) in [7, 11) is 1.51. The first-order valence-corrected chi connectivity index (χ1v) is 9.01. The molecule has 0 spiro atoms. The fourth-order valence-electron chi connectivity index (χ4n) is 2.77. The first-order chi connectivity index (χ1) is 13.5. The molecule has 0 aliphatic heterocycles. The summed E-state index contributed by atoms with van der Waals surface area (Å²) in [6.07, 6.45) is 3.50. The Hall–Kier alpha value is -3.49. The third-order valence-corrected chi connectivity index (χ3v) is 3.99. The van der Waals surface area contributed by atoms with E-state index in [1.165, 1.54) is 7.11 Å². The average molecular weight is 381 g/mol. The highest BCUT2D eigenvalue weighted by Crippen LogP contribution is 2.24. The second-order valence-corrected chi connectivity index (χ2v) is 6.37. The summed E-state index contributed by atoms with van der Waals surface area (Å²) in [5.41, 5.74) is 3.87. The van der Waals surface area contributed by atoms with Gasteiger partial charge in [0.2, 0.25) is 0 Å². The van der Waals surface area contributed by atoms with Crippen molar-refractivity contribution >= 4 is 23.3 Å². The van der Waals surface area contributed by atoms with Crippen LogP contribution in [0.1, 0.15) is 26.5 Å². The van der Waals surface area contributed by atoms with Crippen molar-refractivity contribution in [3.8, 4) is 11.1 Å². The Labute approximate surface area is 162 Å². The van der Waals surface area contributed by atoms with Gasteiger partial charge in [-0.05, 0) is 30.7 Å². The van der Waals surface area contributed by atoms with Gasteiger partial charge in [0.25, 0.3) is 5.95 Å². The van der Waals surface area contributed by atoms with Crippen LogP contribution in [0.3, 0.4) is 0 Å². The van der Waals surface area contributed by atoms with Crippen molar-refractivity contribution in [1.29, 1.82) is 0 Å². The molecule has 3 aromatic heterocycles. The molecular formula is C19H23N7O2. The number of oxime groups is 1. The van der Waals surface area contributed by atoms with Crippen molar-refractivity contribution in [1.82, 2.24) is 24.9 Å². The van der Waals surface area contributed by atoms with E-state index in [1.807, 2.05) is 45.0 Å². The van der Waals surface area contributed by atoms with Crippen LogP contribution in [0.15, 0.2) is 41.8 Å². The lowest BCUT2D eigenvalue weighted by atomic mass is 10.0. The summed E-state index contributed by atoms with van der Waals surface area (Å²) in [6, 6.07) is 7.34. The fourth-order valence-corrected chi connectivity index (χ4v) is 2.77. The summed E-state index contributed by atoms with van der Waals surface area (Å²) in [5.74, 6) is 0.285. The zero-order valence-corrected chi connectivity index (χ0v) is 16.3. The van der Waals surface area contributed by atoms with Crippen molar-refractivity contribution in [2.45, 2.75) is 20.8 Å². The molecule has 0 aliphatic rings. The maximum absolute atomic E-state index is 11.8. The maximum atomic E-state index is 11.8. The van der Waals surface area contributed by atoms with Crippen molar-refractivity contribution in [2.75, 3.05) is 19.0 Å². The number of nitrogens with one attached hydrogen (secondary N) is 2. The Morgan fingerprint density at radius 3 is 2.79 bits per heavy atom. The predicted octanol–water partition coefficient (Wildman–Crippen LogP) is 2.94. The quantitative estimate of drug-likeness (QED) is 0.504. The molecule has 2 N–H and O–H groups in total. The minimum absolute atomic E-state index is 0.0799. The molecule has 0 fully saturated rings. The highest BCUT2D eigenvalue weighted by molar-refractivity contribution is 6.01. The summed E-state index contributed by atoms with van der Waals surface area (Å²) in [6.45, 7) is 6.38. The van der Waals surface area contributed by atoms with Gasteiger partial charge in [-0.3, -0.25) is 10.3 Å². The van der Waals surface area contributed by atoms with E-state index in [1.54, 1.807) is 16.9 Å². The van der Waals surface area contributed by atoms with Crippen LogP contribution in [0.25, 0.3) is 16.8 Å². The summed E-state index contributed by atoms with van der Waals surface area (Å²) in [5, 5.41) is 13.9. The van der Waals surface area contributed by atoms with Gasteiger partial charge in [-0.1, -0.05) is 25.1 Å². The van der Waals surface area contributed by atoms with Crippen molar-refractivity contribution < 1.29 is 9.63 Å². The lowest BCUT2D eigenvalue weighted by Crippen LogP contribution is -2.28. The highest BCUT2D eigenvalue weighted by Gasteiger charge is 2.19. The molecule has 0 unspecified atom stereocenters. The van der Waals surface area contributed by atoms with Gasteiger partial charge in [-0.25, -0.2) is 9.31 Å². The average Bonchev–Trinajstić information content (AvgIpc) is 3.08. The largest absolute Gasteiger partial charge is 0.399 e. The third-order valence-electron chi connectivity index (χ3n) is 3.99. The normalized spacial score (nSPS) is 11.7. The minimum atomic E-state index is -0.359. The maximum Gasteiger partial charge on any atom is 0.321 e. The standard InChI is InChI=1S/C19H23N7O2/c1-5-21-19(27)23-18-22-16-10-14(13-7-6-8-20-11-13)9-15(26(16)24-18)17(12(2)3)25-28-4/h6-12H,5H2,1-4H3,(H2,21,23,24,27)/b25-17+. The third kappa shape index (κ3) is 4.08. The van der Waals surface area contributed by atoms with Crippen LogP contribution < -0.4 is 10.6 Å². The molecule has 0 aliphatic carbocycles. The molecule has 0 aromatic carbocycles. The number of anilines is 1. The molecule has 3 heterocycles. The number of fused-ring (bicyclic) bond motifs is 1. The van der Waals surface area contributed by atoms with Crippen LogP contribution in [-0.2, 0) is 4.84 Å². The number of amides is 2. The van der Waals surface area contributed by atoms with Gasteiger partial charge in [-0.15, -0.1) is 5.10 Å². The molecule has 0 saturated heterocycles. The molecular weight excluding hydrogens is 358 g/mol. The predicted molar refractivity (Wildman–Crippen MR) is 107 cm³/mol. The smallest absolute Gasteiger partial charge is 0.321 e. The second kappa shape index (κ2) is 8.47. The Kier molecular flexibility index (Phi) is 5.83. The Bertz CT molecular complexity index is 996. The Balaban J connectivity index is 2.17. The monoisotopic (exact) mass is 381 g/mol. The molecule has 9 nitrogen and oxygen atoms in total. The van der Waals surface area contributed by atoms with E-state index in [2.05, 4.69) is 30.9 Å².